The highest BCUT2D eigenvalue weighted by molar-refractivity contribution is 5.39. The molecule has 0 aliphatic carbocycles. The third-order valence-electron chi connectivity index (χ3n) is 3.83. The molecule has 0 aromatic heterocycles. The highest BCUT2D eigenvalue weighted by atomic mass is 16.3. The number of hydrogen-bond donors (Lipinski definition) is 3. The molecule has 2 unspecified atom stereocenters. The smallest absolute Gasteiger partial charge is 0.125 e. The molecule has 0 heterocycles. The highest BCUT2D eigenvalue weighted by Gasteiger charge is 2.21. The van der Waals surface area contributed by atoms with Crippen molar-refractivity contribution in [2.24, 2.45) is 11.7 Å². The van der Waals surface area contributed by atoms with Crippen molar-refractivity contribution in [3.63, 3.8) is 0 Å². The Balaban J connectivity index is 2.88. The van der Waals surface area contributed by atoms with Gasteiger partial charge >= 0.3 is 0 Å². The topological polar surface area (TPSA) is 66.5 Å². The van der Waals surface area contributed by atoms with Crippen LogP contribution in [0.15, 0.2) is 24.3 Å². The van der Waals surface area contributed by atoms with Gasteiger partial charge in [0, 0.05) is 5.56 Å². The number of hydrogen-bond acceptors (Lipinski definition) is 3. The van der Waals surface area contributed by atoms with Gasteiger partial charge in [-0.15, -0.1) is 0 Å². The molecule has 3 nitrogen and oxygen atoms in total. The lowest BCUT2D eigenvalue weighted by Gasteiger charge is -2.20. The minimum Gasteiger partial charge on any atom is -0.379 e. The predicted molar refractivity (Wildman–Crippen MR) is 91.1 cm³/mol. The summed E-state index contributed by atoms with van der Waals surface area (Å²) >= 11 is 0. The first kappa shape index (κ1) is 18.7. The number of aliphatic hydroxyl groups excluding tert-OH is 1. The Morgan fingerprint density at radius 1 is 1.23 bits per heavy atom. The maximum absolute atomic E-state index is 10.5. The Morgan fingerprint density at radius 3 is 2.41 bits per heavy atom. The van der Waals surface area contributed by atoms with Gasteiger partial charge < -0.3 is 15.9 Å². The van der Waals surface area contributed by atoms with Crippen molar-refractivity contribution in [3.8, 4) is 11.8 Å². The lowest BCUT2D eigenvalue weighted by molar-refractivity contribution is 0.0807. The molecule has 0 fully saturated rings. The van der Waals surface area contributed by atoms with E-state index in [1.165, 1.54) is 0 Å². The van der Waals surface area contributed by atoms with E-state index in [9.17, 15) is 10.2 Å². The summed E-state index contributed by atoms with van der Waals surface area (Å²) in [6.45, 7) is 6.04. The van der Waals surface area contributed by atoms with Crippen LogP contribution in [0, 0.1) is 17.8 Å². The fourth-order valence-electron chi connectivity index (χ4n) is 2.53. The molecule has 3 heteroatoms. The van der Waals surface area contributed by atoms with Gasteiger partial charge in [-0.25, -0.2) is 0 Å². The Kier molecular flexibility index (Phi) is 7.61. The van der Waals surface area contributed by atoms with E-state index in [4.69, 9.17) is 5.73 Å². The predicted octanol–water partition coefficient (Wildman–Crippen LogP) is 2.83. The van der Waals surface area contributed by atoms with Crippen LogP contribution in [-0.4, -0.2) is 22.0 Å². The molecule has 0 saturated heterocycles. The first-order chi connectivity index (χ1) is 10.4. The number of nitrogens with two attached hydrogens (primary N) is 1. The summed E-state index contributed by atoms with van der Waals surface area (Å²) in [4.78, 5) is 0. The molecular weight excluding hydrogens is 274 g/mol. The lowest BCUT2D eigenvalue weighted by Crippen LogP contribution is -2.28. The van der Waals surface area contributed by atoms with Crippen LogP contribution in [0.4, 0.5) is 0 Å². The molecule has 1 rings (SSSR count). The van der Waals surface area contributed by atoms with Crippen LogP contribution in [0.5, 0.6) is 0 Å². The summed E-state index contributed by atoms with van der Waals surface area (Å²) in [5.41, 5.74) is 6.60. The molecule has 0 amide bonds. The third kappa shape index (κ3) is 6.19. The first-order valence-electron chi connectivity index (χ1n) is 8.18. The Labute approximate surface area is 134 Å². The molecule has 0 bridgehead atoms. The first-order valence-corrected chi connectivity index (χ1v) is 8.18. The van der Waals surface area contributed by atoms with Gasteiger partial charge in [0.25, 0.3) is 0 Å². The standard InChI is InChI=1S/C19H29NO2/c1-4-10-19(22,11-5-2)12-9-16-7-6-8-17(14-16)13-15(3)18(20)21/h6-8,14-15,18,21-22H,4-5,10-11,13,20H2,1-3H3. The third-order valence-corrected chi connectivity index (χ3v) is 3.83. The molecule has 1 aromatic carbocycles. The van der Waals surface area contributed by atoms with Crippen molar-refractivity contribution in [2.75, 3.05) is 0 Å². The van der Waals surface area contributed by atoms with Gasteiger partial charge in [-0.1, -0.05) is 57.6 Å². The van der Waals surface area contributed by atoms with E-state index in [2.05, 4.69) is 25.7 Å². The molecule has 22 heavy (non-hydrogen) atoms. The largest absolute Gasteiger partial charge is 0.379 e. The van der Waals surface area contributed by atoms with Gasteiger partial charge in [0.15, 0.2) is 0 Å². The van der Waals surface area contributed by atoms with E-state index < -0.39 is 11.8 Å². The van der Waals surface area contributed by atoms with E-state index in [0.717, 1.165) is 24.0 Å². The molecule has 0 saturated carbocycles. The van der Waals surface area contributed by atoms with Crippen molar-refractivity contribution in [2.45, 2.75) is 64.7 Å². The van der Waals surface area contributed by atoms with Gasteiger partial charge in [-0.05, 0) is 42.9 Å². The van der Waals surface area contributed by atoms with Crippen molar-refractivity contribution in [1.29, 1.82) is 0 Å². The molecule has 0 aliphatic rings. The molecule has 0 aliphatic heterocycles. The molecule has 4 N–H and O–H groups in total. The van der Waals surface area contributed by atoms with E-state index in [1.54, 1.807) is 0 Å². The van der Waals surface area contributed by atoms with Crippen LogP contribution >= 0.6 is 0 Å². The molecule has 122 valence electrons. The zero-order valence-corrected chi connectivity index (χ0v) is 14.0. The summed E-state index contributed by atoms with van der Waals surface area (Å²) in [6.07, 6.45) is 3.12. The number of benzene rings is 1. The summed E-state index contributed by atoms with van der Waals surface area (Å²) in [7, 11) is 0. The van der Waals surface area contributed by atoms with Crippen LogP contribution < -0.4 is 5.73 Å². The van der Waals surface area contributed by atoms with Crippen molar-refractivity contribution in [1.82, 2.24) is 0 Å². The molecule has 1 aromatic rings. The van der Waals surface area contributed by atoms with Gasteiger partial charge in [-0.3, -0.25) is 0 Å². The Bertz CT molecular complexity index is 508. The van der Waals surface area contributed by atoms with E-state index >= 15 is 0 Å². The van der Waals surface area contributed by atoms with E-state index in [0.29, 0.717) is 19.3 Å². The van der Waals surface area contributed by atoms with Crippen molar-refractivity contribution in [3.05, 3.63) is 35.4 Å². The second kappa shape index (κ2) is 8.95. The molecule has 0 spiro atoms. The van der Waals surface area contributed by atoms with Crippen molar-refractivity contribution >= 4 is 0 Å². The minimum atomic E-state index is -0.889. The van der Waals surface area contributed by atoms with Crippen LogP contribution in [-0.2, 0) is 6.42 Å². The van der Waals surface area contributed by atoms with Gasteiger partial charge in [0.1, 0.15) is 11.8 Å². The summed E-state index contributed by atoms with van der Waals surface area (Å²) in [5, 5.41) is 19.9. The maximum Gasteiger partial charge on any atom is 0.125 e. The summed E-state index contributed by atoms with van der Waals surface area (Å²) in [6, 6.07) is 7.91. The van der Waals surface area contributed by atoms with Gasteiger partial charge in [0.05, 0.1) is 0 Å². The fourth-order valence-corrected chi connectivity index (χ4v) is 2.53. The zero-order valence-electron chi connectivity index (χ0n) is 14.0. The van der Waals surface area contributed by atoms with Crippen molar-refractivity contribution < 1.29 is 10.2 Å². The van der Waals surface area contributed by atoms with Gasteiger partial charge in [-0.2, -0.15) is 0 Å². The molecule has 0 radical (unpaired) electrons. The quantitative estimate of drug-likeness (QED) is 0.536. The summed E-state index contributed by atoms with van der Waals surface area (Å²) < 4.78 is 0. The second-order valence-electron chi connectivity index (χ2n) is 6.15. The van der Waals surface area contributed by atoms with Gasteiger partial charge in [0.2, 0.25) is 0 Å². The average molecular weight is 303 g/mol. The lowest BCUT2D eigenvalue weighted by atomic mass is 9.93. The van der Waals surface area contributed by atoms with Crippen LogP contribution in [0.3, 0.4) is 0 Å². The van der Waals surface area contributed by atoms with Crippen LogP contribution in [0.2, 0.25) is 0 Å². The van der Waals surface area contributed by atoms with E-state index in [-0.39, 0.29) is 5.92 Å². The normalized spacial score (nSPS) is 14.1. The average Bonchev–Trinajstić information content (AvgIpc) is 2.46. The number of aliphatic hydroxyl groups is 2. The molecular formula is C19H29NO2. The SMILES string of the molecule is CCCC(O)(C#Cc1cccc(CC(C)C(N)O)c1)CCC. The van der Waals surface area contributed by atoms with Crippen LogP contribution in [0.1, 0.15) is 57.6 Å². The second-order valence-corrected chi connectivity index (χ2v) is 6.15. The fraction of sp³-hybridized carbons (Fsp3) is 0.579. The summed E-state index contributed by atoms with van der Waals surface area (Å²) in [5.74, 6) is 6.15. The maximum atomic E-state index is 10.5. The Hall–Kier alpha value is -1.34. The Morgan fingerprint density at radius 2 is 1.86 bits per heavy atom. The minimum absolute atomic E-state index is 0.000300. The zero-order chi connectivity index (χ0) is 16.6. The number of rotatable bonds is 7. The van der Waals surface area contributed by atoms with E-state index in [1.807, 2.05) is 31.2 Å². The highest BCUT2D eigenvalue weighted by Crippen LogP contribution is 2.19. The molecule has 2 atom stereocenters. The van der Waals surface area contributed by atoms with Crippen LogP contribution in [0.25, 0.3) is 0 Å². The monoisotopic (exact) mass is 303 g/mol.